The summed E-state index contributed by atoms with van der Waals surface area (Å²) >= 11 is 0. The van der Waals surface area contributed by atoms with Crippen LogP contribution in [-0.2, 0) is 11.3 Å². The molecule has 198 valence electrons. The second-order valence-corrected chi connectivity index (χ2v) is 8.96. The Bertz CT molecular complexity index is 1480. The van der Waals surface area contributed by atoms with E-state index in [1.165, 1.54) is 12.1 Å². The number of nitrogens with one attached hydrogen (secondary N) is 1. The molecule has 38 heavy (non-hydrogen) atoms. The van der Waals surface area contributed by atoms with Crippen molar-refractivity contribution in [2.45, 2.75) is 12.6 Å². The van der Waals surface area contributed by atoms with E-state index in [1.54, 1.807) is 37.1 Å². The molecule has 2 aromatic carbocycles. The van der Waals surface area contributed by atoms with E-state index in [0.29, 0.717) is 62.0 Å². The summed E-state index contributed by atoms with van der Waals surface area (Å²) in [6.45, 7) is 3.42. The highest BCUT2D eigenvalue weighted by Crippen LogP contribution is 2.30. The van der Waals surface area contributed by atoms with Crippen molar-refractivity contribution >= 4 is 22.3 Å². The molecule has 13 heteroatoms. The number of aromatic nitrogens is 5. The number of fused-ring (bicyclic) bond motifs is 1. The standard InChI is InChI=1S/C25H28N8O5/c1-37-14-13-32-24(27-28-29-32)23(21-16-17-15-20(38-2)7-8-22(17)26-25(21)34)31-11-9-30(10-12-31)18-3-5-19(6-4-18)33(35)36/h3-8,15-16,23H,9-14H2,1-2H3,(H,26,34)/t23-/m1/s1. The lowest BCUT2D eigenvalue weighted by Gasteiger charge is -2.39. The lowest BCUT2D eigenvalue weighted by Crippen LogP contribution is -2.49. The smallest absolute Gasteiger partial charge is 0.269 e. The van der Waals surface area contributed by atoms with Gasteiger partial charge in [-0.15, -0.1) is 5.10 Å². The SMILES string of the molecule is COCCn1nnnc1[C@@H](c1cc2cc(OC)ccc2[nH]c1=O)N1CCN(c2ccc([N+](=O)[O-])cc2)CC1. The third kappa shape index (κ3) is 5.06. The summed E-state index contributed by atoms with van der Waals surface area (Å²) in [5.41, 5.74) is 1.99. The van der Waals surface area contributed by atoms with Crippen molar-refractivity contribution in [1.29, 1.82) is 0 Å². The van der Waals surface area contributed by atoms with Crippen LogP contribution in [0.25, 0.3) is 10.9 Å². The highest BCUT2D eigenvalue weighted by atomic mass is 16.6. The van der Waals surface area contributed by atoms with E-state index in [0.717, 1.165) is 11.1 Å². The van der Waals surface area contributed by atoms with Crippen LogP contribution in [0.3, 0.4) is 0 Å². The number of piperazine rings is 1. The maximum absolute atomic E-state index is 13.4. The van der Waals surface area contributed by atoms with Crippen LogP contribution >= 0.6 is 0 Å². The van der Waals surface area contributed by atoms with Crippen molar-refractivity contribution in [2.24, 2.45) is 0 Å². The first-order valence-corrected chi connectivity index (χ1v) is 12.2. The van der Waals surface area contributed by atoms with Gasteiger partial charge in [-0.2, -0.15) is 0 Å². The summed E-state index contributed by atoms with van der Waals surface area (Å²) in [5, 5.41) is 24.2. The van der Waals surface area contributed by atoms with Gasteiger partial charge in [0, 0.05) is 67.6 Å². The van der Waals surface area contributed by atoms with Gasteiger partial charge in [0.25, 0.3) is 11.2 Å². The van der Waals surface area contributed by atoms with E-state index in [9.17, 15) is 14.9 Å². The minimum absolute atomic E-state index is 0.0579. The number of pyridine rings is 1. The molecule has 13 nitrogen and oxygen atoms in total. The number of H-pyrrole nitrogens is 1. The Morgan fingerprint density at radius 1 is 1.08 bits per heavy atom. The fourth-order valence-corrected chi connectivity index (χ4v) is 4.80. The van der Waals surface area contributed by atoms with E-state index in [-0.39, 0.29) is 11.2 Å². The molecule has 1 N–H and O–H groups in total. The molecule has 1 saturated heterocycles. The van der Waals surface area contributed by atoms with Crippen molar-refractivity contribution in [2.75, 3.05) is 51.9 Å². The monoisotopic (exact) mass is 520 g/mol. The first kappa shape index (κ1) is 25.3. The summed E-state index contributed by atoms with van der Waals surface area (Å²) in [6.07, 6.45) is 0. The third-order valence-corrected chi connectivity index (χ3v) is 6.79. The van der Waals surface area contributed by atoms with E-state index in [2.05, 4.69) is 30.3 Å². The molecule has 0 aliphatic carbocycles. The number of benzene rings is 2. The van der Waals surface area contributed by atoms with Gasteiger partial charge in [-0.05, 0) is 46.8 Å². The average Bonchev–Trinajstić information content (AvgIpc) is 3.40. The molecule has 0 unspecified atom stereocenters. The Hall–Kier alpha value is -4.36. The van der Waals surface area contributed by atoms with E-state index in [4.69, 9.17) is 9.47 Å². The topological polar surface area (TPSA) is 145 Å². The third-order valence-electron chi connectivity index (χ3n) is 6.79. The van der Waals surface area contributed by atoms with Crippen molar-refractivity contribution in [3.05, 3.63) is 80.4 Å². The zero-order valence-electron chi connectivity index (χ0n) is 21.1. The minimum Gasteiger partial charge on any atom is -0.497 e. The summed E-state index contributed by atoms with van der Waals surface area (Å²) in [5.74, 6) is 1.24. The summed E-state index contributed by atoms with van der Waals surface area (Å²) in [7, 11) is 3.21. The number of hydrogen-bond acceptors (Lipinski definition) is 10. The summed E-state index contributed by atoms with van der Waals surface area (Å²) < 4.78 is 12.3. The summed E-state index contributed by atoms with van der Waals surface area (Å²) in [4.78, 5) is 31.3. The zero-order chi connectivity index (χ0) is 26.6. The largest absolute Gasteiger partial charge is 0.497 e. The first-order valence-electron chi connectivity index (χ1n) is 12.2. The van der Waals surface area contributed by atoms with Gasteiger partial charge in [0.05, 0.1) is 25.2 Å². The number of tetrazole rings is 1. The average molecular weight is 521 g/mol. The Kier molecular flexibility index (Phi) is 7.29. The molecule has 0 amide bonds. The highest BCUT2D eigenvalue weighted by Gasteiger charge is 2.33. The van der Waals surface area contributed by atoms with Crippen LogP contribution in [0.5, 0.6) is 5.75 Å². The predicted molar refractivity (Wildman–Crippen MR) is 140 cm³/mol. The molecule has 0 saturated carbocycles. The molecule has 1 fully saturated rings. The molecule has 0 bridgehead atoms. The molecular formula is C25H28N8O5. The number of nitro benzene ring substituents is 1. The molecule has 0 radical (unpaired) electrons. The van der Waals surface area contributed by atoms with E-state index in [1.807, 2.05) is 18.2 Å². The number of ether oxygens (including phenoxy) is 2. The number of non-ortho nitro benzene ring substituents is 1. The van der Waals surface area contributed by atoms with Crippen LogP contribution in [0, 0.1) is 10.1 Å². The molecule has 5 rings (SSSR count). The molecule has 0 spiro atoms. The van der Waals surface area contributed by atoms with E-state index < -0.39 is 11.0 Å². The molecule has 4 aromatic rings. The predicted octanol–water partition coefficient (Wildman–Crippen LogP) is 1.99. The highest BCUT2D eigenvalue weighted by molar-refractivity contribution is 5.80. The second kappa shape index (κ2) is 10.9. The van der Waals surface area contributed by atoms with Gasteiger partial charge in [-0.25, -0.2) is 4.68 Å². The van der Waals surface area contributed by atoms with Crippen LogP contribution in [-0.4, -0.2) is 82.0 Å². The zero-order valence-corrected chi connectivity index (χ0v) is 21.1. The van der Waals surface area contributed by atoms with Gasteiger partial charge in [0.1, 0.15) is 11.8 Å². The van der Waals surface area contributed by atoms with Crippen molar-refractivity contribution in [3.63, 3.8) is 0 Å². The van der Waals surface area contributed by atoms with Gasteiger partial charge in [-0.3, -0.25) is 19.8 Å². The lowest BCUT2D eigenvalue weighted by molar-refractivity contribution is -0.384. The van der Waals surface area contributed by atoms with Gasteiger partial charge in [-0.1, -0.05) is 0 Å². The quantitative estimate of drug-likeness (QED) is 0.257. The first-order chi connectivity index (χ1) is 18.5. The normalized spacial score (nSPS) is 15.1. The Morgan fingerprint density at radius 3 is 2.53 bits per heavy atom. The molecule has 1 aliphatic heterocycles. The number of methoxy groups -OCH3 is 2. The number of hydrogen-bond donors (Lipinski definition) is 1. The summed E-state index contributed by atoms with van der Waals surface area (Å²) in [6, 6.07) is 13.4. The van der Waals surface area contributed by atoms with E-state index >= 15 is 0 Å². The number of aromatic amines is 1. The number of rotatable bonds is 9. The maximum atomic E-state index is 13.4. The Balaban J connectivity index is 1.48. The van der Waals surface area contributed by atoms with Gasteiger partial charge < -0.3 is 19.4 Å². The van der Waals surface area contributed by atoms with Gasteiger partial charge >= 0.3 is 0 Å². The molecular weight excluding hydrogens is 492 g/mol. The fraction of sp³-hybridized carbons (Fsp3) is 0.360. The molecule has 1 aliphatic rings. The number of anilines is 1. The molecule has 3 heterocycles. The molecule has 1 atom stereocenters. The van der Waals surface area contributed by atoms with Gasteiger partial charge in [0.15, 0.2) is 5.82 Å². The maximum Gasteiger partial charge on any atom is 0.269 e. The van der Waals surface area contributed by atoms with Crippen LogP contribution in [0.15, 0.2) is 53.3 Å². The van der Waals surface area contributed by atoms with Crippen LogP contribution < -0.4 is 15.2 Å². The van der Waals surface area contributed by atoms with Crippen LogP contribution in [0.4, 0.5) is 11.4 Å². The van der Waals surface area contributed by atoms with Crippen molar-refractivity contribution in [3.8, 4) is 5.75 Å². The number of nitro groups is 1. The van der Waals surface area contributed by atoms with Gasteiger partial charge in [0.2, 0.25) is 0 Å². The number of nitrogens with zero attached hydrogens (tertiary/aromatic N) is 7. The van der Waals surface area contributed by atoms with Crippen LogP contribution in [0.2, 0.25) is 0 Å². The molecule has 2 aromatic heterocycles. The Labute approximate surface area is 217 Å². The Morgan fingerprint density at radius 2 is 1.84 bits per heavy atom. The fourth-order valence-electron chi connectivity index (χ4n) is 4.80. The second-order valence-electron chi connectivity index (χ2n) is 8.96. The minimum atomic E-state index is -0.500. The lowest BCUT2D eigenvalue weighted by atomic mass is 10.0. The van der Waals surface area contributed by atoms with Crippen molar-refractivity contribution < 1.29 is 14.4 Å². The van der Waals surface area contributed by atoms with Crippen LogP contribution in [0.1, 0.15) is 17.4 Å². The van der Waals surface area contributed by atoms with Crippen molar-refractivity contribution in [1.82, 2.24) is 30.1 Å².